The highest BCUT2D eigenvalue weighted by Crippen LogP contribution is 2.16. The van der Waals surface area contributed by atoms with Crippen LogP contribution in [0.4, 0.5) is 5.69 Å². The molecule has 0 amide bonds. The maximum Gasteiger partial charge on any atom is 0.338 e. The molecule has 0 fully saturated rings. The number of hydrogen-bond donors (Lipinski definition) is 1. The summed E-state index contributed by atoms with van der Waals surface area (Å²) in [6.07, 6.45) is 0.00697. The number of hydrogen-bond acceptors (Lipinski definition) is 5. The first-order chi connectivity index (χ1) is 8.58. The van der Waals surface area contributed by atoms with Gasteiger partial charge in [-0.1, -0.05) is 0 Å². The fraction of sp³-hybridized carbons (Fsp3) is 0.385. The van der Waals surface area contributed by atoms with Gasteiger partial charge in [-0.15, -0.1) is 0 Å². The summed E-state index contributed by atoms with van der Waals surface area (Å²) in [6, 6.07) is 4.74. The quantitative estimate of drug-likeness (QED) is 0.634. The fourth-order valence-corrected chi connectivity index (χ4v) is 1.54. The first-order valence-corrected chi connectivity index (χ1v) is 5.79. The maximum absolute atomic E-state index is 11.7. The molecule has 0 saturated heterocycles. The zero-order valence-corrected chi connectivity index (χ0v) is 10.6. The summed E-state index contributed by atoms with van der Waals surface area (Å²) in [7, 11) is 0. The van der Waals surface area contributed by atoms with Crippen LogP contribution in [0.25, 0.3) is 0 Å². The Bertz CT molecular complexity index is 443. The third-order valence-electron chi connectivity index (χ3n) is 2.26. The molecule has 0 atom stereocenters. The van der Waals surface area contributed by atoms with E-state index in [1.165, 1.54) is 0 Å². The lowest BCUT2D eigenvalue weighted by atomic mass is 10.0. The molecule has 0 aromatic heterocycles. The molecule has 98 valence electrons. The van der Waals surface area contributed by atoms with E-state index < -0.39 is 11.9 Å². The summed E-state index contributed by atoms with van der Waals surface area (Å²) in [5.74, 6) is -0.856. The normalized spacial score (nSPS) is 9.89. The third kappa shape index (κ3) is 3.76. The molecule has 2 N–H and O–H groups in total. The molecule has 0 saturated carbocycles. The summed E-state index contributed by atoms with van der Waals surface area (Å²) >= 11 is 0. The Labute approximate surface area is 106 Å². The van der Waals surface area contributed by atoms with Gasteiger partial charge in [0.15, 0.2) is 0 Å². The average Bonchev–Trinajstić information content (AvgIpc) is 2.29. The average molecular weight is 251 g/mol. The molecular formula is C13H17NO4. The van der Waals surface area contributed by atoms with Crippen molar-refractivity contribution in [1.82, 2.24) is 0 Å². The van der Waals surface area contributed by atoms with E-state index in [4.69, 9.17) is 15.2 Å². The highest BCUT2D eigenvalue weighted by molar-refractivity contribution is 5.93. The summed E-state index contributed by atoms with van der Waals surface area (Å²) < 4.78 is 9.77. The third-order valence-corrected chi connectivity index (χ3v) is 2.26. The minimum Gasteiger partial charge on any atom is -0.466 e. The lowest BCUT2D eigenvalue weighted by Gasteiger charge is -2.09. The van der Waals surface area contributed by atoms with E-state index in [1.54, 1.807) is 32.0 Å². The number of ether oxygens (including phenoxy) is 2. The van der Waals surface area contributed by atoms with E-state index in [-0.39, 0.29) is 13.0 Å². The van der Waals surface area contributed by atoms with Gasteiger partial charge in [0.2, 0.25) is 0 Å². The summed E-state index contributed by atoms with van der Waals surface area (Å²) in [5.41, 5.74) is 7.00. The Hall–Kier alpha value is -2.04. The maximum atomic E-state index is 11.7. The molecule has 1 rings (SSSR count). The SMILES string of the molecule is CCOC(=O)Cc1cc(N)ccc1C(=O)OCC. The van der Waals surface area contributed by atoms with Crippen molar-refractivity contribution in [2.45, 2.75) is 20.3 Å². The zero-order chi connectivity index (χ0) is 13.5. The number of carbonyl (C=O) groups excluding carboxylic acids is 2. The Kier molecular flexibility index (Phi) is 5.17. The van der Waals surface area contributed by atoms with Crippen molar-refractivity contribution in [2.75, 3.05) is 18.9 Å². The molecule has 0 aliphatic rings. The van der Waals surface area contributed by atoms with E-state index in [9.17, 15) is 9.59 Å². The van der Waals surface area contributed by atoms with Gasteiger partial charge in [0.1, 0.15) is 0 Å². The fourth-order valence-electron chi connectivity index (χ4n) is 1.54. The molecule has 1 aromatic carbocycles. The van der Waals surface area contributed by atoms with Gasteiger partial charge in [0, 0.05) is 5.69 Å². The number of anilines is 1. The van der Waals surface area contributed by atoms with Crippen LogP contribution in [0, 0.1) is 0 Å². The Balaban J connectivity index is 2.96. The van der Waals surface area contributed by atoms with E-state index in [0.29, 0.717) is 23.4 Å². The summed E-state index contributed by atoms with van der Waals surface area (Å²) in [6.45, 7) is 4.03. The standard InChI is InChI=1S/C13H17NO4/c1-3-17-12(15)8-9-7-10(14)5-6-11(9)13(16)18-4-2/h5-7H,3-4,8,14H2,1-2H3. The lowest BCUT2D eigenvalue weighted by molar-refractivity contribution is -0.142. The van der Waals surface area contributed by atoms with Crippen molar-refractivity contribution < 1.29 is 19.1 Å². The number of nitrogen functional groups attached to an aromatic ring is 1. The number of carbonyl (C=O) groups is 2. The Morgan fingerprint density at radius 3 is 2.44 bits per heavy atom. The van der Waals surface area contributed by atoms with E-state index >= 15 is 0 Å². The Morgan fingerprint density at radius 2 is 1.83 bits per heavy atom. The van der Waals surface area contributed by atoms with E-state index in [0.717, 1.165) is 0 Å². The largest absolute Gasteiger partial charge is 0.466 e. The van der Waals surface area contributed by atoms with Gasteiger partial charge < -0.3 is 15.2 Å². The van der Waals surface area contributed by atoms with Gasteiger partial charge in [-0.2, -0.15) is 0 Å². The van der Waals surface area contributed by atoms with Gasteiger partial charge in [0.05, 0.1) is 25.2 Å². The van der Waals surface area contributed by atoms with Crippen molar-refractivity contribution in [3.05, 3.63) is 29.3 Å². The number of nitrogens with two attached hydrogens (primary N) is 1. The van der Waals surface area contributed by atoms with Gasteiger partial charge >= 0.3 is 11.9 Å². The smallest absolute Gasteiger partial charge is 0.338 e. The number of benzene rings is 1. The van der Waals surface area contributed by atoms with E-state index in [2.05, 4.69) is 0 Å². The van der Waals surface area contributed by atoms with E-state index in [1.807, 2.05) is 0 Å². The molecule has 5 heteroatoms. The molecule has 0 unspecified atom stereocenters. The number of esters is 2. The minimum atomic E-state index is -0.461. The monoisotopic (exact) mass is 251 g/mol. The van der Waals surface area contributed by atoms with Crippen molar-refractivity contribution in [2.24, 2.45) is 0 Å². The van der Waals surface area contributed by atoms with Gasteiger partial charge in [0.25, 0.3) is 0 Å². The highest BCUT2D eigenvalue weighted by atomic mass is 16.5. The second kappa shape index (κ2) is 6.64. The topological polar surface area (TPSA) is 78.6 Å². The molecule has 18 heavy (non-hydrogen) atoms. The molecule has 0 aliphatic carbocycles. The molecule has 0 spiro atoms. The van der Waals surface area contributed by atoms with Crippen molar-refractivity contribution in [1.29, 1.82) is 0 Å². The molecule has 0 radical (unpaired) electrons. The molecule has 5 nitrogen and oxygen atoms in total. The van der Waals surface area contributed by atoms with Gasteiger partial charge in [-0.05, 0) is 37.6 Å². The molecule has 1 aromatic rings. The van der Waals surface area contributed by atoms with Crippen LogP contribution in [-0.2, 0) is 20.7 Å². The van der Waals surface area contributed by atoms with Crippen LogP contribution in [-0.4, -0.2) is 25.2 Å². The first kappa shape index (κ1) is 14.0. The second-order valence-electron chi connectivity index (χ2n) is 3.62. The van der Waals surface area contributed by atoms with Crippen LogP contribution in [0.2, 0.25) is 0 Å². The van der Waals surface area contributed by atoms with Crippen molar-refractivity contribution >= 4 is 17.6 Å². The van der Waals surface area contributed by atoms with Crippen LogP contribution in [0.5, 0.6) is 0 Å². The first-order valence-electron chi connectivity index (χ1n) is 5.79. The molecule has 0 aliphatic heterocycles. The lowest BCUT2D eigenvalue weighted by Crippen LogP contribution is -2.13. The van der Waals surface area contributed by atoms with Gasteiger partial charge in [-0.25, -0.2) is 4.79 Å². The van der Waals surface area contributed by atoms with Crippen LogP contribution >= 0.6 is 0 Å². The summed E-state index contributed by atoms with van der Waals surface area (Å²) in [5, 5.41) is 0. The Morgan fingerprint density at radius 1 is 1.17 bits per heavy atom. The van der Waals surface area contributed by atoms with Crippen molar-refractivity contribution in [3.63, 3.8) is 0 Å². The van der Waals surface area contributed by atoms with Crippen LogP contribution in [0.15, 0.2) is 18.2 Å². The second-order valence-corrected chi connectivity index (χ2v) is 3.62. The number of rotatable bonds is 5. The van der Waals surface area contributed by atoms with Crippen molar-refractivity contribution in [3.8, 4) is 0 Å². The molecular weight excluding hydrogens is 234 g/mol. The van der Waals surface area contributed by atoms with Crippen LogP contribution in [0.1, 0.15) is 29.8 Å². The van der Waals surface area contributed by atoms with Crippen LogP contribution in [0.3, 0.4) is 0 Å². The van der Waals surface area contributed by atoms with Gasteiger partial charge in [-0.3, -0.25) is 4.79 Å². The van der Waals surface area contributed by atoms with Crippen LogP contribution < -0.4 is 5.73 Å². The highest BCUT2D eigenvalue weighted by Gasteiger charge is 2.15. The zero-order valence-electron chi connectivity index (χ0n) is 10.6. The molecule has 0 heterocycles. The molecule has 0 bridgehead atoms. The summed E-state index contributed by atoms with van der Waals surface area (Å²) in [4.78, 5) is 23.1. The minimum absolute atomic E-state index is 0.00697. The predicted molar refractivity (Wildman–Crippen MR) is 67.1 cm³/mol. The predicted octanol–water partition coefficient (Wildman–Crippen LogP) is 1.55.